The van der Waals surface area contributed by atoms with Gasteiger partial charge in [-0.05, 0) is 35.9 Å². The number of carbonyl (C=O) groups excluding carboxylic acids is 1. The normalized spacial score (nSPS) is 12.7. The maximum atomic E-state index is 11.9. The lowest BCUT2D eigenvalue weighted by Crippen LogP contribution is -2.00. The van der Waals surface area contributed by atoms with Gasteiger partial charge in [-0.2, -0.15) is 0 Å². The first kappa shape index (κ1) is 18.8. The second-order valence-corrected chi connectivity index (χ2v) is 6.51. The summed E-state index contributed by atoms with van der Waals surface area (Å²) in [5, 5.41) is 8.60. The zero-order chi connectivity index (χ0) is 20.1. The number of benzene rings is 2. The van der Waals surface area contributed by atoms with Gasteiger partial charge in [-0.15, -0.1) is 5.10 Å². The van der Waals surface area contributed by atoms with Gasteiger partial charge in [-0.3, -0.25) is 0 Å². The van der Waals surface area contributed by atoms with Gasteiger partial charge in [0.25, 0.3) is 0 Å². The van der Waals surface area contributed by atoms with Crippen molar-refractivity contribution in [2.45, 2.75) is 6.61 Å². The van der Waals surface area contributed by atoms with Crippen molar-refractivity contribution >= 4 is 23.6 Å². The van der Waals surface area contributed by atoms with Crippen LogP contribution in [-0.4, -0.2) is 27.8 Å². The summed E-state index contributed by atoms with van der Waals surface area (Å²) in [5.74, 6) is 0.965. The Morgan fingerprint density at radius 2 is 2.07 bits per heavy atom. The van der Waals surface area contributed by atoms with E-state index in [4.69, 9.17) is 25.8 Å². The van der Waals surface area contributed by atoms with E-state index in [0.717, 1.165) is 17.0 Å². The molecule has 1 aliphatic heterocycles. The van der Waals surface area contributed by atoms with Crippen LogP contribution >= 0.6 is 11.6 Å². The minimum atomic E-state index is -0.474. The first-order chi connectivity index (χ1) is 14.2. The van der Waals surface area contributed by atoms with Crippen molar-refractivity contribution in [2.24, 2.45) is 0 Å². The highest BCUT2D eigenvalue weighted by atomic mass is 35.5. The number of ether oxygens (including phenoxy) is 3. The summed E-state index contributed by atoms with van der Waals surface area (Å²) in [6.45, 7) is 0.261. The fourth-order valence-electron chi connectivity index (χ4n) is 2.62. The molecule has 0 unspecified atom stereocenters. The molecule has 2 heterocycles. The average molecular weight is 410 g/mol. The zero-order valence-corrected chi connectivity index (χ0v) is 16.0. The first-order valence-electron chi connectivity index (χ1n) is 8.76. The van der Waals surface area contributed by atoms with E-state index in [1.807, 2.05) is 36.4 Å². The number of hydrogen-bond donors (Lipinski definition) is 0. The summed E-state index contributed by atoms with van der Waals surface area (Å²) in [6, 6.07) is 12.8. The standard InChI is InChI=1S/C21H16ClN3O4/c22-16-5-3-6-18(11-16)25-12-17(23-24-25)13-27-21(26)7-2-1-4-15-8-9-19-20(10-15)29-14-28-19/h1-12H,13-14H2/b4-1+,7-2+. The van der Waals surface area contributed by atoms with Crippen LogP contribution in [0.2, 0.25) is 5.02 Å². The molecular formula is C21H16ClN3O4. The highest BCUT2D eigenvalue weighted by Gasteiger charge is 2.12. The van der Waals surface area contributed by atoms with Crippen molar-refractivity contribution in [1.82, 2.24) is 15.0 Å². The summed E-state index contributed by atoms with van der Waals surface area (Å²) in [4.78, 5) is 11.9. The number of esters is 1. The Hall–Kier alpha value is -3.58. The number of fused-ring (bicyclic) bond motifs is 1. The molecule has 1 aliphatic rings. The zero-order valence-electron chi connectivity index (χ0n) is 15.2. The molecular weight excluding hydrogens is 394 g/mol. The maximum Gasteiger partial charge on any atom is 0.331 e. The molecule has 2 aromatic carbocycles. The van der Waals surface area contributed by atoms with Crippen LogP contribution < -0.4 is 9.47 Å². The van der Waals surface area contributed by atoms with Crippen molar-refractivity contribution in [3.8, 4) is 17.2 Å². The smallest absolute Gasteiger partial charge is 0.331 e. The summed E-state index contributed by atoms with van der Waals surface area (Å²) >= 11 is 5.97. The number of rotatable bonds is 6. The van der Waals surface area contributed by atoms with Crippen molar-refractivity contribution in [3.05, 3.63) is 83.2 Å². The molecule has 29 heavy (non-hydrogen) atoms. The van der Waals surface area contributed by atoms with Crippen LogP contribution in [0.5, 0.6) is 11.5 Å². The summed E-state index contributed by atoms with van der Waals surface area (Å²) in [6.07, 6.45) is 8.22. The van der Waals surface area contributed by atoms with Crippen LogP contribution in [0, 0.1) is 0 Å². The Labute approximate surface area is 171 Å². The maximum absolute atomic E-state index is 11.9. The Kier molecular flexibility index (Phi) is 5.58. The van der Waals surface area contributed by atoms with Gasteiger partial charge < -0.3 is 14.2 Å². The number of hydrogen-bond acceptors (Lipinski definition) is 6. The van der Waals surface area contributed by atoms with Gasteiger partial charge in [0.2, 0.25) is 6.79 Å². The van der Waals surface area contributed by atoms with E-state index in [2.05, 4.69) is 10.3 Å². The van der Waals surface area contributed by atoms with Crippen molar-refractivity contribution in [3.63, 3.8) is 0 Å². The Bertz CT molecular complexity index is 1090. The van der Waals surface area contributed by atoms with Crippen LogP contribution in [-0.2, 0) is 16.1 Å². The van der Waals surface area contributed by atoms with Gasteiger partial charge in [0.15, 0.2) is 11.5 Å². The van der Waals surface area contributed by atoms with Gasteiger partial charge in [0, 0.05) is 11.1 Å². The lowest BCUT2D eigenvalue weighted by molar-refractivity contribution is -0.139. The second-order valence-electron chi connectivity index (χ2n) is 6.07. The van der Waals surface area contributed by atoms with E-state index in [9.17, 15) is 4.79 Å². The largest absolute Gasteiger partial charge is 0.456 e. The summed E-state index contributed by atoms with van der Waals surface area (Å²) < 4.78 is 17.3. The number of halogens is 1. The number of nitrogens with zero attached hydrogens (tertiary/aromatic N) is 3. The van der Waals surface area contributed by atoms with Gasteiger partial charge in [0.1, 0.15) is 12.3 Å². The highest BCUT2D eigenvalue weighted by molar-refractivity contribution is 6.30. The van der Waals surface area contributed by atoms with Crippen LogP contribution in [0.3, 0.4) is 0 Å². The van der Waals surface area contributed by atoms with Crippen LogP contribution in [0.4, 0.5) is 0 Å². The minimum Gasteiger partial charge on any atom is -0.456 e. The molecule has 0 radical (unpaired) electrons. The molecule has 0 N–H and O–H groups in total. The Balaban J connectivity index is 1.28. The van der Waals surface area contributed by atoms with Crippen LogP contribution in [0.25, 0.3) is 11.8 Å². The molecule has 0 bridgehead atoms. The molecule has 0 saturated carbocycles. The molecule has 0 saturated heterocycles. The fraction of sp³-hybridized carbons (Fsp3) is 0.0952. The molecule has 3 aromatic rings. The molecule has 0 fully saturated rings. The quantitative estimate of drug-likeness (QED) is 0.348. The Morgan fingerprint density at radius 1 is 1.17 bits per heavy atom. The van der Waals surface area contributed by atoms with E-state index >= 15 is 0 Å². The molecule has 146 valence electrons. The predicted octanol–water partition coefficient (Wildman–Crippen LogP) is 3.96. The first-order valence-corrected chi connectivity index (χ1v) is 9.13. The molecule has 0 amide bonds. The average Bonchev–Trinajstić information content (AvgIpc) is 3.38. The van der Waals surface area contributed by atoms with Crippen molar-refractivity contribution in [2.75, 3.05) is 6.79 Å². The monoisotopic (exact) mass is 409 g/mol. The number of carbonyl (C=O) groups is 1. The minimum absolute atomic E-state index is 0.0234. The third kappa shape index (κ3) is 4.83. The fourth-order valence-corrected chi connectivity index (χ4v) is 2.80. The molecule has 4 rings (SSSR count). The van der Waals surface area contributed by atoms with E-state index in [-0.39, 0.29) is 13.4 Å². The molecule has 0 atom stereocenters. The van der Waals surface area contributed by atoms with Gasteiger partial charge in [-0.25, -0.2) is 9.48 Å². The Morgan fingerprint density at radius 3 is 2.97 bits per heavy atom. The van der Waals surface area contributed by atoms with Crippen molar-refractivity contribution < 1.29 is 19.0 Å². The molecule has 1 aromatic heterocycles. The molecule has 8 heteroatoms. The van der Waals surface area contributed by atoms with Gasteiger partial charge in [0.05, 0.1) is 11.9 Å². The number of aromatic nitrogens is 3. The van der Waals surface area contributed by atoms with E-state index in [0.29, 0.717) is 16.5 Å². The molecule has 7 nitrogen and oxygen atoms in total. The third-order valence-corrected chi connectivity index (χ3v) is 4.24. The van der Waals surface area contributed by atoms with Crippen LogP contribution in [0.15, 0.2) is 66.9 Å². The lowest BCUT2D eigenvalue weighted by atomic mass is 10.2. The summed E-state index contributed by atoms with van der Waals surface area (Å²) in [7, 11) is 0. The second kappa shape index (κ2) is 8.62. The molecule has 0 spiro atoms. The topological polar surface area (TPSA) is 75.5 Å². The van der Waals surface area contributed by atoms with Gasteiger partial charge in [-0.1, -0.05) is 47.2 Å². The predicted molar refractivity (Wildman–Crippen MR) is 107 cm³/mol. The number of allylic oxidation sites excluding steroid dienone is 2. The van der Waals surface area contributed by atoms with E-state index in [1.165, 1.54) is 6.08 Å². The highest BCUT2D eigenvalue weighted by Crippen LogP contribution is 2.32. The van der Waals surface area contributed by atoms with E-state index in [1.54, 1.807) is 35.2 Å². The lowest BCUT2D eigenvalue weighted by Gasteiger charge is -1.99. The third-order valence-electron chi connectivity index (χ3n) is 4.00. The summed E-state index contributed by atoms with van der Waals surface area (Å²) in [5.41, 5.74) is 2.24. The SMILES string of the molecule is O=C(/C=C/C=C/c1ccc2c(c1)OCO2)OCc1cn(-c2cccc(Cl)c2)nn1. The molecule has 0 aliphatic carbocycles. The van der Waals surface area contributed by atoms with E-state index < -0.39 is 5.97 Å². The van der Waals surface area contributed by atoms with Crippen LogP contribution in [0.1, 0.15) is 11.3 Å². The van der Waals surface area contributed by atoms with Crippen molar-refractivity contribution in [1.29, 1.82) is 0 Å². The van der Waals surface area contributed by atoms with Gasteiger partial charge >= 0.3 is 5.97 Å².